The fourth-order valence-electron chi connectivity index (χ4n) is 9.90. The first-order valence-electron chi connectivity index (χ1n) is 14.8. The fraction of sp³-hybridized carbons (Fsp3) is 0.839. The van der Waals surface area contributed by atoms with E-state index in [9.17, 15) is 15.0 Å². The van der Waals surface area contributed by atoms with Crippen molar-refractivity contribution in [2.24, 2.45) is 52.3 Å². The molecule has 3 N–H and O–H groups in total. The van der Waals surface area contributed by atoms with Gasteiger partial charge in [-0.1, -0.05) is 46.2 Å². The fourth-order valence-corrected chi connectivity index (χ4v) is 11.2. The molecule has 4 aliphatic carbocycles. The molecule has 0 aliphatic heterocycles. The molecule has 0 aromatic carbocycles. The van der Waals surface area contributed by atoms with Crippen molar-refractivity contribution in [1.82, 2.24) is 5.32 Å². The Morgan fingerprint density at radius 2 is 1.76 bits per heavy atom. The second-order valence-electron chi connectivity index (χ2n) is 14.1. The lowest BCUT2D eigenvalue weighted by molar-refractivity contribution is -0.174. The number of carbonyl (C=O) groups is 1. The van der Waals surface area contributed by atoms with Crippen LogP contribution in [-0.4, -0.2) is 28.3 Å². The number of rotatable bonds is 6. The van der Waals surface area contributed by atoms with Crippen LogP contribution in [0.4, 0.5) is 0 Å². The maximum absolute atomic E-state index is 13.3. The molecule has 1 aromatic heterocycles. The van der Waals surface area contributed by atoms with Gasteiger partial charge in [-0.15, -0.1) is 11.3 Å². The Morgan fingerprint density at radius 3 is 2.43 bits per heavy atom. The van der Waals surface area contributed by atoms with Crippen LogP contribution in [0.15, 0.2) is 12.1 Å². The van der Waals surface area contributed by atoms with Crippen LogP contribution in [0.3, 0.4) is 0 Å². The third kappa shape index (κ3) is 4.93. The van der Waals surface area contributed by atoms with Crippen LogP contribution in [0.1, 0.15) is 103 Å². The Kier molecular flexibility index (Phi) is 7.86. The molecule has 0 unspecified atom stereocenters. The minimum Gasteiger partial charge on any atom is -0.393 e. The number of hydrogen-bond acceptors (Lipinski definition) is 4. The molecule has 4 aliphatic rings. The molecular formula is C31H48ClNO3S. The minimum atomic E-state index is -0.250. The van der Waals surface area contributed by atoms with Crippen LogP contribution >= 0.6 is 22.9 Å². The van der Waals surface area contributed by atoms with Crippen LogP contribution in [0, 0.1) is 52.3 Å². The lowest BCUT2D eigenvalue weighted by atomic mass is 9.43. The van der Waals surface area contributed by atoms with Crippen molar-refractivity contribution < 1.29 is 15.0 Å². The number of thiophene rings is 1. The predicted octanol–water partition coefficient (Wildman–Crippen LogP) is 7.23. The topological polar surface area (TPSA) is 69.6 Å². The van der Waals surface area contributed by atoms with E-state index in [4.69, 9.17) is 11.6 Å². The van der Waals surface area contributed by atoms with Crippen LogP contribution < -0.4 is 5.32 Å². The largest absolute Gasteiger partial charge is 0.393 e. The minimum absolute atomic E-state index is 0.000334. The Morgan fingerprint density at radius 1 is 1.05 bits per heavy atom. The highest BCUT2D eigenvalue weighted by atomic mass is 35.5. The average Bonchev–Trinajstić information content (AvgIpc) is 3.41. The molecule has 208 valence electrons. The first-order chi connectivity index (χ1) is 17.4. The summed E-state index contributed by atoms with van der Waals surface area (Å²) in [6, 6.07) is 3.95. The number of aliphatic hydroxyl groups is 2. The van der Waals surface area contributed by atoms with E-state index in [1.165, 1.54) is 25.7 Å². The molecule has 6 heteroatoms. The Labute approximate surface area is 233 Å². The van der Waals surface area contributed by atoms with E-state index in [0.29, 0.717) is 47.8 Å². The molecule has 4 fully saturated rings. The Hall–Kier alpha value is -0.620. The van der Waals surface area contributed by atoms with E-state index in [0.717, 1.165) is 34.9 Å². The van der Waals surface area contributed by atoms with Crippen molar-refractivity contribution in [3.05, 3.63) is 21.3 Å². The number of fused-ring (bicyclic) bond motifs is 5. The van der Waals surface area contributed by atoms with E-state index in [2.05, 4.69) is 39.9 Å². The van der Waals surface area contributed by atoms with Gasteiger partial charge in [-0.2, -0.15) is 0 Å². The van der Waals surface area contributed by atoms with E-state index < -0.39 is 0 Å². The molecule has 5 rings (SSSR count). The zero-order valence-corrected chi connectivity index (χ0v) is 25.0. The van der Waals surface area contributed by atoms with Gasteiger partial charge in [0.1, 0.15) is 0 Å². The van der Waals surface area contributed by atoms with Crippen molar-refractivity contribution >= 4 is 28.8 Å². The van der Waals surface area contributed by atoms with Gasteiger partial charge in [-0.3, -0.25) is 4.79 Å². The van der Waals surface area contributed by atoms with Crippen molar-refractivity contribution in [3.63, 3.8) is 0 Å². The molecule has 0 spiro atoms. The lowest BCUT2D eigenvalue weighted by Gasteiger charge is -2.62. The van der Waals surface area contributed by atoms with E-state index >= 15 is 0 Å². The quantitative estimate of drug-likeness (QED) is 0.350. The van der Waals surface area contributed by atoms with E-state index in [-0.39, 0.29) is 35.0 Å². The summed E-state index contributed by atoms with van der Waals surface area (Å²) in [6.45, 7) is 11.5. The molecule has 4 saturated carbocycles. The highest BCUT2D eigenvalue weighted by Gasteiger charge is 2.62. The van der Waals surface area contributed by atoms with Gasteiger partial charge in [-0.25, -0.2) is 0 Å². The third-order valence-corrected chi connectivity index (χ3v) is 13.1. The maximum Gasteiger partial charge on any atom is 0.220 e. The number of amides is 1. The second kappa shape index (κ2) is 10.4. The van der Waals surface area contributed by atoms with Gasteiger partial charge >= 0.3 is 0 Å². The summed E-state index contributed by atoms with van der Waals surface area (Å²) in [6.07, 6.45) is 8.58. The number of nitrogens with one attached hydrogen (secondary N) is 1. The average molecular weight is 550 g/mol. The molecule has 0 radical (unpaired) electrons. The molecule has 1 amide bonds. The Bertz CT molecular complexity index is 981. The van der Waals surface area contributed by atoms with Gasteiger partial charge in [0.25, 0.3) is 0 Å². The normalized spacial score (nSPS) is 43.0. The van der Waals surface area contributed by atoms with E-state index in [1.54, 1.807) is 11.3 Å². The number of halogens is 1. The molecule has 37 heavy (non-hydrogen) atoms. The number of aliphatic hydroxyl groups excluding tert-OH is 2. The van der Waals surface area contributed by atoms with Crippen LogP contribution in [0.25, 0.3) is 0 Å². The van der Waals surface area contributed by atoms with Crippen molar-refractivity contribution in [1.29, 1.82) is 0 Å². The smallest absolute Gasteiger partial charge is 0.220 e. The van der Waals surface area contributed by atoms with Crippen LogP contribution in [-0.2, 0) is 4.79 Å². The number of carbonyl (C=O) groups excluding carboxylic acids is 1. The molecule has 1 aromatic rings. The van der Waals surface area contributed by atoms with Gasteiger partial charge in [0.05, 0.1) is 22.6 Å². The molecular weight excluding hydrogens is 502 g/mol. The SMILES string of the molecule is CC(C)[C@@H](NC(=O)C[C@@H](C)[C@H]1CC[C@H]2[C@@H]3[C@H](O)C[C@@H]4C[C@H](O)CC[C@]4(C)[C@H]3CC[C@]12C)c1ccc(Cl)s1. The molecule has 0 bridgehead atoms. The summed E-state index contributed by atoms with van der Waals surface area (Å²) < 4.78 is 0.762. The third-order valence-electron chi connectivity index (χ3n) is 11.8. The summed E-state index contributed by atoms with van der Waals surface area (Å²) in [5.74, 6) is 3.20. The zero-order chi connectivity index (χ0) is 26.7. The summed E-state index contributed by atoms with van der Waals surface area (Å²) in [5.41, 5.74) is 0.447. The molecule has 4 nitrogen and oxygen atoms in total. The first-order valence-corrected chi connectivity index (χ1v) is 16.0. The highest BCUT2D eigenvalue weighted by Crippen LogP contribution is 2.68. The maximum atomic E-state index is 13.3. The Balaban J connectivity index is 1.27. The van der Waals surface area contributed by atoms with Crippen LogP contribution in [0.5, 0.6) is 0 Å². The standard InChI is InChI=1S/C31H48ClNO3S/c1-17(2)29(25-8-9-26(32)37-25)33-27(36)14-18(3)21-6-7-22-28-23(11-13-31(21,22)5)30(4)12-10-20(34)15-19(30)16-24(28)35/h8-9,17-24,28-29,34-35H,6-7,10-16H2,1-5H3,(H,33,36)/t18-,19+,20-,21-,22+,23+,24-,28+,29-,30+,31-/m1/s1. The summed E-state index contributed by atoms with van der Waals surface area (Å²) in [4.78, 5) is 14.4. The highest BCUT2D eigenvalue weighted by molar-refractivity contribution is 7.16. The molecule has 0 saturated heterocycles. The summed E-state index contributed by atoms with van der Waals surface area (Å²) >= 11 is 7.74. The number of hydrogen-bond donors (Lipinski definition) is 3. The second-order valence-corrected chi connectivity index (χ2v) is 15.8. The van der Waals surface area contributed by atoms with E-state index in [1.807, 2.05) is 12.1 Å². The van der Waals surface area contributed by atoms with Gasteiger partial charge < -0.3 is 15.5 Å². The van der Waals surface area contributed by atoms with Crippen LogP contribution in [0.2, 0.25) is 4.34 Å². The molecule has 11 atom stereocenters. The first kappa shape index (κ1) is 27.9. The summed E-state index contributed by atoms with van der Waals surface area (Å²) in [7, 11) is 0. The zero-order valence-electron chi connectivity index (χ0n) is 23.4. The molecule has 1 heterocycles. The summed E-state index contributed by atoms with van der Waals surface area (Å²) in [5, 5.41) is 25.1. The van der Waals surface area contributed by atoms with Gasteiger partial charge in [0.15, 0.2) is 0 Å². The van der Waals surface area contributed by atoms with Gasteiger partial charge in [-0.05, 0) is 116 Å². The van der Waals surface area contributed by atoms with Crippen molar-refractivity contribution in [2.45, 2.75) is 111 Å². The monoisotopic (exact) mass is 549 g/mol. The predicted molar refractivity (Wildman–Crippen MR) is 151 cm³/mol. The van der Waals surface area contributed by atoms with Crippen molar-refractivity contribution in [2.75, 3.05) is 0 Å². The van der Waals surface area contributed by atoms with Gasteiger partial charge in [0.2, 0.25) is 5.91 Å². The van der Waals surface area contributed by atoms with Gasteiger partial charge in [0, 0.05) is 11.3 Å². The lowest BCUT2D eigenvalue weighted by Crippen LogP contribution is -2.58. The van der Waals surface area contributed by atoms with Crippen molar-refractivity contribution in [3.8, 4) is 0 Å².